The van der Waals surface area contributed by atoms with E-state index in [-0.39, 0.29) is 12.1 Å². The maximum Gasteiger partial charge on any atom is 0.216 e. The van der Waals surface area contributed by atoms with Crippen LogP contribution in [0.25, 0.3) is 0 Å². The second-order valence-electron chi connectivity index (χ2n) is 6.49. The summed E-state index contributed by atoms with van der Waals surface area (Å²) in [4.78, 5) is 4.56. The fraction of sp³-hybridized carbons (Fsp3) is 0.650. The fourth-order valence-electron chi connectivity index (χ4n) is 2.81. The van der Waals surface area contributed by atoms with E-state index >= 15 is 0 Å². The Bertz CT molecular complexity index is 475. The predicted octanol–water partition coefficient (Wildman–Crippen LogP) is 3.96. The summed E-state index contributed by atoms with van der Waals surface area (Å²) in [5.41, 5.74) is 1.01. The number of aliphatic hydroxyl groups is 1. The van der Waals surface area contributed by atoms with E-state index in [4.69, 9.17) is 9.47 Å². The maximum atomic E-state index is 9.96. The van der Waals surface area contributed by atoms with Gasteiger partial charge in [0.25, 0.3) is 0 Å². The molecule has 2 atom stereocenters. The Morgan fingerprint density at radius 2 is 1.96 bits per heavy atom. The van der Waals surface area contributed by atoms with Crippen LogP contribution in [0.4, 0.5) is 0 Å². The topological polar surface area (TPSA) is 51.0 Å². The van der Waals surface area contributed by atoms with Crippen LogP contribution in [0.3, 0.4) is 0 Å². The largest absolute Gasteiger partial charge is 0.475 e. The van der Waals surface area contributed by atoms with Crippen molar-refractivity contribution in [3.8, 4) is 0 Å². The summed E-state index contributed by atoms with van der Waals surface area (Å²) in [5, 5.41) is 9.96. The van der Waals surface area contributed by atoms with E-state index in [0.717, 1.165) is 18.4 Å². The Morgan fingerprint density at radius 1 is 1.17 bits per heavy atom. The molecule has 0 saturated heterocycles. The molecular formula is C20H31NO3. The molecule has 4 nitrogen and oxygen atoms in total. The summed E-state index contributed by atoms with van der Waals surface area (Å²) in [6, 6.07) is 10.0. The van der Waals surface area contributed by atoms with Crippen LogP contribution in [0.5, 0.6) is 0 Å². The second-order valence-corrected chi connectivity index (χ2v) is 6.49. The molecule has 0 spiro atoms. The minimum Gasteiger partial charge on any atom is -0.475 e. The van der Waals surface area contributed by atoms with Gasteiger partial charge in [-0.3, -0.25) is 0 Å². The van der Waals surface area contributed by atoms with Crippen LogP contribution in [0.1, 0.15) is 57.4 Å². The molecule has 24 heavy (non-hydrogen) atoms. The van der Waals surface area contributed by atoms with Gasteiger partial charge in [0.05, 0.1) is 12.7 Å². The van der Waals surface area contributed by atoms with Crippen LogP contribution in [0, 0.1) is 0 Å². The van der Waals surface area contributed by atoms with Crippen molar-refractivity contribution in [2.75, 3.05) is 19.8 Å². The molecule has 0 amide bonds. The maximum absolute atomic E-state index is 9.96. The summed E-state index contributed by atoms with van der Waals surface area (Å²) in [6.45, 7) is 3.93. The first-order chi connectivity index (χ1) is 11.8. The minimum atomic E-state index is -0.241. The summed E-state index contributed by atoms with van der Waals surface area (Å²) in [6.07, 6.45) is 7.53. The normalized spacial score (nSPS) is 18.2. The molecule has 1 aromatic carbocycles. The molecule has 0 unspecified atom stereocenters. The van der Waals surface area contributed by atoms with Gasteiger partial charge in [0, 0.05) is 12.2 Å². The van der Waals surface area contributed by atoms with Crippen molar-refractivity contribution in [2.24, 2.45) is 4.99 Å². The zero-order valence-electron chi connectivity index (χ0n) is 14.8. The van der Waals surface area contributed by atoms with Gasteiger partial charge in [0.2, 0.25) is 5.90 Å². The summed E-state index contributed by atoms with van der Waals surface area (Å²) in [7, 11) is 0. The lowest BCUT2D eigenvalue weighted by Gasteiger charge is -2.11. The van der Waals surface area contributed by atoms with Crippen LogP contribution in [0.15, 0.2) is 35.3 Å². The third-order valence-electron chi connectivity index (χ3n) is 4.28. The quantitative estimate of drug-likeness (QED) is 0.589. The van der Waals surface area contributed by atoms with Gasteiger partial charge in [0.1, 0.15) is 12.6 Å². The van der Waals surface area contributed by atoms with E-state index in [9.17, 15) is 5.11 Å². The van der Waals surface area contributed by atoms with E-state index in [1.54, 1.807) is 0 Å². The van der Waals surface area contributed by atoms with Crippen molar-refractivity contribution in [3.63, 3.8) is 0 Å². The number of hydrogen-bond acceptors (Lipinski definition) is 4. The Kier molecular flexibility index (Phi) is 8.85. The van der Waals surface area contributed by atoms with Crippen molar-refractivity contribution < 1.29 is 14.6 Å². The molecular weight excluding hydrogens is 302 g/mol. The number of rotatable bonds is 12. The van der Waals surface area contributed by atoms with E-state index in [2.05, 4.69) is 11.9 Å². The molecule has 1 aromatic rings. The molecule has 0 aliphatic carbocycles. The van der Waals surface area contributed by atoms with E-state index < -0.39 is 0 Å². The highest BCUT2D eigenvalue weighted by atomic mass is 16.5. The predicted molar refractivity (Wildman–Crippen MR) is 97.5 cm³/mol. The third-order valence-corrected chi connectivity index (χ3v) is 4.28. The zero-order chi connectivity index (χ0) is 17.0. The lowest BCUT2D eigenvalue weighted by atomic mass is 10.1. The summed E-state index contributed by atoms with van der Waals surface area (Å²) in [5.74, 6) is 0.705. The lowest BCUT2D eigenvalue weighted by Crippen LogP contribution is -2.17. The fourth-order valence-corrected chi connectivity index (χ4v) is 2.81. The third kappa shape index (κ3) is 7.02. The molecule has 1 N–H and O–H groups in total. The van der Waals surface area contributed by atoms with Gasteiger partial charge in [-0.1, -0.05) is 57.2 Å². The number of unbranched alkanes of at least 4 members (excludes halogenated alkanes) is 4. The molecule has 134 valence electrons. The molecule has 0 fully saturated rings. The first kappa shape index (κ1) is 18.9. The van der Waals surface area contributed by atoms with Crippen LogP contribution < -0.4 is 0 Å². The smallest absolute Gasteiger partial charge is 0.216 e. The van der Waals surface area contributed by atoms with Gasteiger partial charge in [-0.25, -0.2) is 4.99 Å². The van der Waals surface area contributed by atoms with Crippen molar-refractivity contribution in [3.05, 3.63) is 35.9 Å². The first-order valence-corrected chi connectivity index (χ1v) is 9.31. The molecule has 4 heteroatoms. The highest BCUT2D eigenvalue weighted by Gasteiger charge is 2.20. The lowest BCUT2D eigenvalue weighted by molar-refractivity contribution is 0.0675. The monoisotopic (exact) mass is 333 g/mol. The van der Waals surface area contributed by atoms with Crippen molar-refractivity contribution >= 4 is 5.90 Å². The van der Waals surface area contributed by atoms with E-state index in [0.29, 0.717) is 32.1 Å². The molecule has 0 aromatic heterocycles. The SMILES string of the molecule is CCCCCCC[C@@H](O)CCOC[C@H]1COC(c2ccccc2)=N1. The zero-order valence-corrected chi connectivity index (χ0v) is 14.8. The molecule has 1 aliphatic heterocycles. The number of benzene rings is 1. The van der Waals surface area contributed by atoms with E-state index in [1.165, 1.54) is 25.7 Å². The van der Waals surface area contributed by atoms with Gasteiger partial charge < -0.3 is 14.6 Å². The minimum absolute atomic E-state index is 0.0615. The average Bonchev–Trinajstić information content (AvgIpc) is 3.08. The molecule has 1 heterocycles. The molecule has 0 saturated carbocycles. The standard InChI is InChI=1S/C20H31NO3/c1-2-3-4-5-9-12-19(22)13-14-23-15-18-16-24-20(21-18)17-10-7-6-8-11-17/h6-8,10-11,18-19,22H,2-5,9,12-16H2,1H3/t18-,19+/m0/s1. The first-order valence-electron chi connectivity index (χ1n) is 9.31. The number of nitrogens with zero attached hydrogens (tertiary/aromatic N) is 1. The van der Waals surface area contributed by atoms with Gasteiger partial charge in [0.15, 0.2) is 0 Å². The Balaban J connectivity index is 1.54. The molecule has 2 rings (SSSR count). The number of aliphatic imine (C=N–C) groups is 1. The van der Waals surface area contributed by atoms with Gasteiger partial charge in [-0.15, -0.1) is 0 Å². The summed E-state index contributed by atoms with van der Waals surface area (Å²) < 4.78 is 11.3. The van der Waals surface area contributed by atoms with E-state index in [1.807, 2.05) is 30.3 Å². The highest BCUT2D eigenvalue weighted by Crippen LogP contribution is 2.13. The Labute approximate surface area is 145 Å². The van der Waals surface area contributed by atoms with Gasteiger partial charge >= 0.3 is 0 Å². The molecule has 0 radical (unpaired) electrons. The second kappa shape index (κ2) is 11.2. The summed E-state index contributed by atoms with van der Waals surface area (Å²) >= 11 is 0. The van der Waals surface area contributed by atoms with Crippen molar-refractivity contribution in [2.45, 2.75) is 64.0 Å². The van der Waals surface area contributed by atoms with Gasteiger partial charge in [-0.2, -0.15) is 0 Å². The van der Waals surface area contributed by atoms with Gasteiger partial charge in [-0.05, 0) is 25.0 Å². The van der Waals surface area contributed by atoms with Crippen LogP contribution >= 0.6 is 0 Å². The number of ether oxygens (including phenoxy) is 2. The number of hydrogen-bond donors (Lipinski definition) is 1. The van der Waals surface area contributed by atoms with Crippen molar-refractivity contribution in [1.29, 1.82) is 0 Å². The van der Waals surface area contributed by atoms with Crippen LogP contribution in [0.2, 0.25) is 0 Å². The number of aliphatic hydroxyl groups excluding tert-OH is 1. The van der Waals surface area contributed by atoms with Crippen LogP contribution in [-0.2, 0) is 9.47 Å². The molecule has 0 bridgehead atoms. The molecule has 1 aliphatic rings. The van der Waals surface area contributed by atoms with Crippen LogP contribution in [-0.4, -0.2) is 43.0 Å². The Hall–Kier alpha value is -1.39. The average molecular weight is 333 g/mol. The Morgan fingerprint density at radius 3 is 2.75 bits per heavy atom. The highest BCUT2D eigenvalue weighted by molar-refractivity contribution is 5.95. The van der Waals surface area contributed by atoms with Crippen molar-refractivity contribution in [1.82, 2.24) is 0 Å².